The molecule has 0 fully saturated rings. The summed E-state index contributed by atoms with van der Waals surface area (Å²) in [7, 11) is 5.14. The Morgan fingerprint density at radius 2 is 2.17 bits per heavy atom. The fraction of sp³-hybridized carbons (Fsp3) is 0. The third-order valence-corrected chi connectivity index (χ3v) is 1.44. The Morgan fingerprint density at radius 1 is 1.58 bits per heavy atom. The van der Waals surface area contributed by atoms with Gasteiger partial charge in [0.05, 0.1) is 11.3 Å². The molecule has 0 unspecified atom stereocenters. The summed E-state index contributed by atoms with van der Waals surface area (Å²) in [5.74, 6) is -2.15. The normalized spacial score (nSPS) is 9.75. The zero-order valence-corrected chi connectivity index (χ0v) is 6.04. The van der Waals surface area contributed by atoms with Crippen molar-refractivity contribution in [1.29, 1.82) is 0 Å². The van der Waals surface area contributed by atoms with Crippen molar-refractivity contribution in [2.75, 3.05) is 5.73 Å². The van der Waals surface area contributed by atoms with Crippen LogP contribution in [0.5, 0.6) is 0 Å². The van der Waals surface area contributed by atoms with Gasteiger partial charge in [0.2, 0.25) is 0 Å². The number of halogens is 1. The average molecular weight is 165 g/mol. The number of benzene rings is 1. The van der Waals surface area contributed by atoms with Crippen molar-refractivity contribution < 1.29 is 14.3 Å². The number of anilines is 1. The van der Waals surface area contributed by atoms with Crippen LogP contribution in [0.1, 0.15) is 10.4 Å². The molecule has 3 nitrogen and oxygen atoms in total. The molecule has 0 spiro atoms. The van der Waals surface area contributed by atoms with E-state index in [0.29, 0.717) is 0 Å². The lowest BCUT2D eigenvalue weighted by Crippen LogP contribution is -2.15. The van der Waals surface area contributed by atoms with E-state index in [0.717, 1.165) is 12.1 Å². The molecule has 0 heterocycles. The van der Waals surface area contributed by atoms with Crippen molar-refractivity contribution in [2.24, 2.45) is 0 Å². The van der Waals surface area contributed by atoms with Crippen molar-refractivity contribution in [2.45, 2.75) is 0 Å². The van der Waals surface area contributed by atoms with Crippen molar-refractivity contribution >= 4 is 25.0 Å². The SMILES string of the molecule is [B]c1ccc(C(=O)O)c(N)c1F. The van der Waals surface area contributed by atoms with E-state index in [-0.39, 0.29) is 11.0 Å². The van der Waals surface area contributed by atoms with E-state index in [1.54, 1.807) is 0 Å². The van der Waals surface area contributed by atoms with Gasteiger partial charge in [0.1, 0.15) is 13.7 Å². The minimum atomic E-state index is -1.27. The maximum Gasteiger partial charge on any atom is 0.337 e. The second-order valence-electron chi connectivity index (χ2n) is 2.24. The highest BCUT2D eigenvalue weighted by molar-refractivity contribution is 6.33. The minimum absolute atomic E-state index is 0.155. The molecule has 2 radical (unpaired) electrons. The fourth-order valence-electron chi connectivity index (χ4n) is 0.796. The number of rotatable bonds is 1. The second kappa shape index (κ2) is 2.85. The van der Waals surface area contributed by atoms with E-state index < -0.39 is 17.5 Å². The number of carboxylic acids is 1. The van der Waals surface area contributed by atoms with Gasteiger partial charge in [-0.15, -0.1) is 0 Å². The summed E-state index contributed by atoms with van der Waals surface area (Å²) >= 11 is 0. The number of nitrogens with two attached hydrogens (primary N) is 1. The van der Waals surface area contributed by atoms with Gasteiger partial charge < -0.3 is 10.8 Å². The van der Waals surface area contributed by atoms with Gasteiger partial charge in [-0.05, 0) is 6.07 Å². The van der Waals surface area contributed by atoms with Gasteiger partial charge in [0.15, 0.2) is 0 Å². The molecule has 0 aliphatic rings. The lowest BCUT2D eigenvalue weighted by atomic mass is 9.93. The Hall–Kier alpha value is -1.52. The monoisotopic (exact) mass is 165 g/mol. The van der Waals surface area contributed by atoms with Crippen LogP contribution in [-0.4, -0.2) is 18.9 Å². The van der Waals surface area contributed by atoms with Crippen LogP contribution in [0.25, 0.3) is 0 Å². The molecule has 1 aromatic rings. The van der Waals surface area contributed by atoms with E-state index in [1.165, 1.54) is 0 Å². The maximum atomic E-state index is 12.8. The van der Waals surface area contributed by atoms with Crippen LogP contribution in [-0.2, 0) is 0 Å². The first kappa shape index (κ1) is 8.58. The fourth-order valence-corrected chi connectivity index (χ4v) is 0.796. The van der Waals surface area contributed by atoms with Gasteiger partial charge in [0.25, 0.3) is 0 Å². The summed E-state index contributed by atoms with van der Waals surface area (Å²) in [6.07, 6.45) is 0. The van der Waals surface area contributed by atoms with Crippen molar-refractivity contribution in [3.8, 4) is 0 Å². The molecular formula is C7H5BFNO2. The van der Waals surface area contributed by atoms with E-state index in [2.05, 4.69) is 0 Å². The quantitative estimate of drug-likeness (QED) is 0.451. The van der Waals surface area contributed by atoms with Crippen LogP contribution < -0.4 is 11.2 Å². The van der Waals surface area contributed by atoms with Crippen molar-refractivity contribution in [1.82, 2.24) is 0 Å². The summed E-state index contributed by atoms with van der Waals surface area (Å²) < 4.78 is 12.8. The van der Waals surface area contributed by atoms with E-state index in [4.69, 9.17) is 18.7 Å². The van der Waals surface area contributed by atoms with Crippen LogP contribution in [0.3, 0.4) is 0 Å². The van der Waals surface area contributed by atoms with Crippen molar-refractivity contribution in [3.05, 3.63) is 23.5 Å². The number of hydrogen-bond acceptors (Lipinski definition) is 2. The molecule has 0 amide bonds. The number of hydrogen-bond donors (Lipinski definition) is 2. The third kappa shape index (κ3) is 1.25. The van der Waals surface area contributed by atoms with E-state index in [9.17, 15) is 9.18 Å². The second-order valence-corrected chi connectivity index (χ2v) is 2.24. The molecule has 0 saturated carbocycles. The van der Waals surface area contributed by atoms with Crippen LogP contribution in [0.4, 0.5) is 10.1 Å². The molecule has 0 saturated heterocycles. The lowest BCUT2D eigenvalue weighted by Gasteiger charge is -2.03. The predicted octanol–water partition coefficient (Wildman–Crippen LogP) is -0.100. The van der Waals surface area contributed by atoms with Crippen LogP contribution in [0.2, 0.25) is 0 Å². The molecular weight excluding hydrogens is 160 g/mol. The molecule has 0 atom stereocenters. The molecule has 3 N–H and O–H groups in total. The Kier molecular flexibility index (Phi) is 2.04. The topological polar surface area (TPSA) is 63.3 Å². The Balaban J connectivity index is 3.36. The number of carbonyl (C=O) groups is 1. The summed E-state index contributed by atoms with van der Waals surface area (Å²) in [6.45, 7) is 0. The van der Waals surface area contributed by atoms with Gasteiger partial charge in [0, 0.05) is 0 Å². The Morgan fingerprint density at radius 3 is 2.67 bits per heavy atom. The number of aromatic carboxylic acids is 1. The molecule has 1 aromatic carbocycles. The lowest BCUT2D eigenvalue weighted by molar-refractivity contribution is 0.0697. The molecule has 1 rings (SSSR count). The van der Waals surface area contributed by atoms with Gasteiger partial charge in [-0.3, -0.25) is 0 Å². The van der Waals surface area contributed by atoms with Crippen LogP contribution >= 0.6 is 0 Å². The van der Waals surface area contributed by atoms with Crippen LogP contribution in [0, 0.1) is 5.82 Å². The molecule has 60 valence electrons. The summed E-state index contributed by atoms with van der Waals surface area (Å²) in [4.78, 5) is 10.4. The molecule has 12 heavy (non-hydrogen) atoms. The van der Waals surface area contributed by atoms with Gasteiger partial charge in [-0.1, -0.05) is 11.5 Å². The number of nitrogen functional groups attached to an aromatic ring is 1. The first-order valence-corrected chi connectivity index (χ1v) is 3.10. The van der Waals surface area contributed by atoms with E-state index >= 15 is 0 Å². The van der Waals surface area contributed by atoms with Crippen LogP contribution in [0.15, 0.2) is 12.1 Å². The van der Waals surface area contributed by atoms with E-state index in [1.807, 2.05) is 0 Å². The average Bonchev–Trinajstić information content (AvgIpc) is 2.00. The zero-order chi connectivity index (χ0) is 9.30. The Labute approximate surface area is 69.4 Å². The maximum absolute atomic E-state index is 12.8. The van der Waals surface area contributed by atoms with Crippen molar-refractivity contribution in [3.63, 3.8) is 0 Å². The molecule has 5 heteroatoms. The highest BCUT2D eigenvalue weighted by Gasteiger charge is 2.12. The standard InChI is InChI=1S/C7H5BFNO2/c8-4-2-1-3(7(11)12)6(10)5(4)9/h1-2H,10H2,(H,11,12). The smallest absolute Gasteiger partial charge is 0.337 e. The highest BCUT2D eigenvalue weighted by atomic mass is 19.1. The highest BCUT2D eigenvalue weighted by Crippen LogP contribution is 2.13. The minimum Gasteiger partial charge on any atom is -0.478 e. The molecule has 0 aromatic heterocycles. The first-order valence-electron chi connectivity index (χ1n) is 3.10. The zero-order valence-electron chi connectivity index (χ0n) is 6.04. The van der Waals surface area contributed by atoms with Gasteiger partial charge in [-0.2, -0.15) is 0 Å². The number of carboxylic acid groups (broad SMARTS) is 1. The largest absolute Gasteiger partial charge is 0.478 e. The Bertz CT molecular complexity index is 340. The summed E-state index contributed by atoms with van der Waals surface area (Å²) in [5, 5.41) is 8.49. The third-order valence-electron chi connectivity index (χ3n) is 1.44. The van der Waals surface area contributed by atoms with Gasteiger partial charge in [-0.25, -0.2) is 9.18 Å². The molecule has 0 bridgehead atoms. The predicted molar refractivity (Wildman–Crippen MR) is 43.2 cm³/mol. The molecule has 0 aliphatic carbocycles. The first-order chi connectivity index (χ1) is 5.54. The van der Waals surface area contributed by atoms with Gasteiger partial charge >= 0.3 is 5.97 Å². The molecule has 0 aliphatic heterocycles. The summed E-state index contributed by atoms with van der Waals surface area (Å²) in [6, 6.07) is 2.32. The summed E-state index contributed by atoms with van der Waals surface area (Å²) in [5.41, 5.74) is 4.29.